The van der Waals surface area contributed by atoms with Crippen LogP contribution in [-0.4, -0.2) is 23.5 Å². The molecule has 0 saturated heterocycles. The highest BCUT2D eigenvalue weighted by atomic mass is 35.5. The number of carbonyl (C=O) groups excluding carboxylic acids is 1. The van der Waals surface area contributed by atoms with Crippen molar-refractivity contribution in [2.24, 2.45) is 0 Å². The van der Waals surface area contributed by atoms with E-state index < -0.39 is 0 Å². The van der Waals surface area contributed by atoms with E-state index in [1.807, 2.05) is 37.3 Å². The predicted molar refractivity (Wildman–Crippen MR) is 107 cm³/mol. The number of hydrogen-bond donors (Lipinski definition) is 1. The Bertz CT molecular complexity index is 681. The highest BCUT2D eigenvalue weighted by molar-refractivity contribution is 8.00. The van der Waals surface area contributed by atoms with Gasteiger partial charge in [0.15, 0.2) is 0 Å². The first-order valence-corrected chi connectivity index (χ1v) is 10.5. The van der Waals surface area contributed by atoms with Crippen LogP contribution >= 0.6 is 35.1 Å². The van der Waals surface area contributed by atoms with Crippen molar-refractivity contribution in [3.63, 3.8) is 0 Å². The summed E-state index contributed by atoms with van der Waals surface area (Å²) >= 11 is 9.03. The van der Waals surface area contributed by atoms with Crippen LogP contribution in [0.2, 0.25) is 5.02 Å². The molecule has 6 heteroatoms. The third kappa shape index (κ3) is 6.92. The van der Waals surface area contributed by atoms with Gasteiger partial charge in [0.2, 0.25) is 5.91 Å². The van der Waals surface area contributed by atoms with Crippen LogP contribution in [0.1, 0.15) is 18.9 Å². The zero-order valence-corrected chi connectivity index (χ0v) is 16.4. The number of carbonyl (C=O) groups is 1. The van der Waals surface area contributed by atoms with Gasteiger partial charge < -0.3 is 5.32 Å². The van der Waals surface area contributed by atoms with Crippen molar-refractivity contribution in [1.29, 1.82) is 0 Å². The van der Waals surface area contributed by atoms with E-state index in [1.165, 1.54) is 6.07 Å². The molecular weight excluding hydrogens is 377 g/mol. The first-order chi connectivity index (χ1) is 12.1. The van der Waals surface area contributed by atoms with E-state index in [1.54, 1.807) is 35.7 Å². The molecule has 0 heterocycles. The van der Waals surface area contributed by atoms with Crippen molar-refractivity contribution in [3.05, 3.63) is 64.9 Å². The van der Waals surface area contributed by atoms with Crippen LogP contribution in [-0.2, 0) is 10.5 Å². The highest BCUT2D eigenvalue weighted by Crippen LogP contribution is 2.26. The minimum absolute atomic E-state index is 0.0361. The number of rotatable bonds is 9. The first kappa shape index (κ1) is 20.1. The molecule has 2 rings (SSSR count). The molecule has 25 heavy (non-hydrogen) atoms. The van der Waals surface area contributed by atoms with Crippen LogP contribution in [0.4, 0.5) is 4.39 Å². The molecule has 2 nitrogen and oxygen atoms in total. The maximum Gasteiger partial charge on any atom is 0.233 e. The van der Waals surface area contributed by atoms with Gasteiger partial charge in [-0.3, -0.25) is 4.79 Å². The molecule has 2 aromatic rings. The van der Waals surface area contributed by atoms with E-state index in [9.17, 15) is 9.18 Å². The van der Waals surface area contributed by atoms with E-state index in [4.69, 9.17) is 11.6 Å². The monoisotopic (exact) mass is 397 g/mol. The molecule has 0 aromatic heterocycles. The van der Waals surface area contributed by atoms with Gasteiger partial charge in [-0.2, -0.15) is 11.8 Å². The van der Waals surface area contributed by atoms with Crippen LogP contribution in [0.15, 0.2) is 53.4 Å². The summed E-state index contributed by atoms with van der Waals surface area (Å²) in [5.74, 6) is 1.22. The van der Waals surface area contributed by atoms with Crippen LogP contribution < -0.4 is 5.32 Å². The lowest BCUT2D eigenvalue weighted by molar-refractivity contribution is -0.120. The summed E-state index contributed by atoms with van der Waals surface area (Å²) in [6.07, 6.45) is 0.751. The van der Waals surface area contributed by atoms with Gasteiger partial charge in [0.1, 0.15) is 5.82 Å². The number of halogens is 2. The van der Waals surface area contributed by atoms with Gasteiger partial charge in [-0.25, -0.2) is 4.39 Å². The molecule has 0 aliphatic carbocycles. The van der Waals surface area contributed by atoms with Crippen molar-refractivity contribution < 1.29 is 9.18 Å². The fraction of sp³-hybridized carbons (Fsp3) is 0.316. The molecule has 2 aromatic carbocycles. The van der Waals surface area contributed by atoms with Crippen LogP contribution in [0.5, 0.6) is 0 Å². The Morgan fingerprint density at radius 3 is 2.60 bits per heavy atom. The summed E-state index contributed by atoms with van der Waals surface area (Å²) < 4.78 is 13.5. The fourth-order valence-corrected chi connectivity index (χ4v) is 4.11. The smallest absolute Gasteiger partial charge is 0.233 e. The maximum absolute atomic E-state index is 13.5. The molecule has 0 saturated carbocycles. The Hall–Kier alpha value is -1.17. The molecule has 1 atom stereocenters. The number of nitrogens with one attached hydrogen (secondary N) is 1. The minimum atomic E-state index is -0.176. The second kappa shape index (κ2) is 10.7. The lowest BCUT2D eigenvalue weighted by Gasteiger charge is -2.14. The normalized spacial score (nSPS) is 12.0. The average Bonchev–Trinajstić information content (AvgIpc) is 2.62. The Morgan fingerprint density at radius 1 is 1.20 bits per heavy atom. The Labute approximate surface area is 161 Å². The second-order valence-electron chi connectivity index (χ2n) is 5.40. The molecule has 1 N–H and O–H groups in total. The van der Waals surface area contributed by atoms with Gasteiger partial charge in [-0.1, -0.05) is 36.7 Å². The molecule has 0 aliphatic rings. The summed E-state index contributed by atoms with van der Waals surface area (Å²) in [4.78, 5) is 13.3. The third-order valence-corrected chi connectivity index (χ3v) is 6.15. The van der Waals surface area contributed by atoms with E-state index >= 15 is 0 Å². The van der Waals surface area contributed by atoms with Crippen molar-refractivity contribution in [2.45, 2.75) is 29.2 Å². The van der Waals surface area contributed by atoms with Crippen molar-refractivity contribution in [3.8, 4) is 0 Å². The Morgan fingerprint density at radius 2 is 1.92 bits per heavy atom. The molecule has 134 valence electrons. The molecular formula is C19H21ClFNOS2. The van der Waals surface area contributed by atoms with E-state index in [0.29, 0.717) is 22.9 Å². The SMILES string of the molecule is CC[C@H](Sc1ccc(Cl)cc1)C(=O)NCCSCc1ccccc1F. The van der Waals surface area contributed by atoms with Gasteiger partial charge in [-0.05, 0) is 42.3 Å². The van der Waals surface area contributed by atoms with Crippen LogP contribution in [0.3, 0.4) is 0 Å². The molecule has 0 unspecified atom stereocenters. The Kier molecular flexibility index (Phi) is 8.65. The number of thioether (sulfide) groups is 2. The minimum Gasteiger partial charge on any atom is -0.354 e. The average molecular weight is 398 g/mol. The summed E-state index contributed by atoms with van der Waals surface area (Å²) in [5.41, 5.74) is 0.698. The molecule has 0 aliphatic heterocycles. The van der Waals surface area contributed by atoms with Crippen LogP contribution in [0, 0.1) is 5.82 Å². The van der Waals surface area contributed by atoms with Crippen molar-refractivity contribution in [2.75, 3.05) is 12.3 Å². The topological polar surface area (TPSA) is 29.1 Å². The summed E-state index contributed by atoms with van der Waals surface area (Å²) in [6.45, 7) is 2.58. The van der Waals surface area contributed by atoms with Gasteiger partial charge in [-0.15, -0.1) is 11.8 Å². The van der Waals surface area contributed by atoms with E-state index in [0.717, 1.165) is 17.1 Å². The third-order valence-electron chi connectivity index (χ3n) is 3.52. The maximum atomic E-state index is 13.5. The van der Waals surface area contributed by atoms with Crippen LogP contribution in [0.25, 0.3) is 0 Å². The van der Waals surface area contributed by atoms with Gasteiger partial charge in [0.05, 0.1) is 5.25 Å². The number of hydrogen-bond acceptors (Lipinski definition) is 3. The summed E-state index contributed by atoms with van der Waals surface area (Å²) in [5, 5.41) is 3.53. The molecule has 1 amide bonds. The fourth-order valence-electron chi connectivity index (χ4n) is 2.16. The van der Waals surface area contributed by atoms with Crippen molar-refractivity contribution >= 4 is 41.0 Å². The quantitative estimate of drug-likeness (QED) is 0.453. The van der Waals surface area contributed by atoms with Crippen molar-refractivity contribution in [1.82, 2.24) is 5.32 Å². The van der Waals surface area contributed by atoms with Gasteiger partial charge in [0, 0.05) is 28.0 Å². The largest absolute Gasteiger partial charge is 0.354 e. The lowest BCUT2D eigenvalue weighted by atomic mass is 10.2. The van der Waals surface area contributed by atoms with Gasteiger partial charge >= 0.3 is 0 Å². The number of amides is 1. The van der Waals surface area contributed by atoms with E-state index in [-0.39, 0.29) is 17.0 Å². The van der Waals surface area contributed by atoms with Gasteiger partial charge in [0.25, 0.3) is 0 Å². The summed E-state index contributed by atoms with van der Waals surface area (Å²) in [6, 6.07) is 14.3. The molecule has 0 bridgehead atoms. The predicted octanol–water partition coefficient (Wildman–Crippen LogP) is 5.40. The number of benzene rings is 2. The van der Waals surface area contributed by atoms with E-state index in [2.05, 4.69) is 5.32 Å². The molecule has 0 spiro atoms. The molecule has 0 fully saturated rings. The zero-order chi connectivity index (χ0) is 18.1. The summed E-state index contributed by atoms with van der Waals surface area (Å²) in [7, 11) is 0. The second-order valence-corrected chi connectivity index (χ2v) is 8.22. The first-order valence-electron chi connectivity index (χ1n) is 8.11. The highest BCUT2D eigenvalue weighted by Gasteiger charge is 2.17. The lowest BCUT2D eigenvalue weighted by Crippen LogP contribution is -2.33. The standard InChI is InChI=1S/C19H21ClFNOS2/c1-2-18(25-16-9-7-15(20)8-10-16)19(23)22-11-12-24-13-14-5-3-4-6-17(14)21/h3-10,18H,2,11-13H2,1H3,(H,22,23)/t18-/m0/s1. The molecule has 0 radical (unpaired) electrons. The zero-order valence-electron chi connectivity index (χ0n) is 14.0. The Balaban J connectivity index is 1.71.